The van der Waals surface area contributed by atoms with Crippen LogP contribution in [-0.2, 0) is 16.1 Å². The lowest BCUT2D eigenvalue weighted by molar-refractivity contribution is -0.132. The maximum Gasteiger partial charge on any atom is 0.325 e. The van der Waals surface area contributed by atoms with Crippen LogP contribution in [0.1, 0.15) is 56.9 Å². The summed E-state index contributed by atoms with van der Waals surface area (Å²) in [5.41, 5.74) is 0.528. The molecule has 2 N–H and O–H groups in total. The predicted molar refractivity (Wildman–Crippen MR) is 118 cm³/mol. The van der Waals surface area contributed by atoms with Gasteiger partial charge in [-0.05, 0) is 80.4 Å². The summed E-state index contributed by atoms with van der Waals surface area (Å²) in [4.78, 5) is 39.7. The first-order valence-corrected chi connectivity index (χ1v) is 11.9. The Hall–Kier alpha value is -1.79. The van der Waals surface area contributed by atoms with Gasteiger partial charge in [0.2, 0.25) is 11.8 Å². The lowest BCUT2D eigenvalue weighted by Crippen LogP contribution is -2.63. The molecule has 4 aliphatic carbocycles. The molecule has 4 amide bonds. The van der Waals surface area contributed by atoms with Gasteiger partial charge in [-0.1, -0.05) is 29.3 Å². The monoisotopic (exact) mass is 463 g/mol. The number of carbonyl (C=O) groups excluding carboxylic acids is 3. The van der Waals surface area contributed by atoms with E-state index in [9.17, 15) is 14.4 Å². The first kappa shape index (κ1) is 21.1. The van der Waals surface area contributed by atoms with Gasteiger partial charge in [-0.15, -0.1) is 0 Å². The SMILES string of the molecule is O=C(NCc1ccc(Cl)cc1Cl)[C@@H]1CCC(=O)N1C(=O)NC12CC3CC(CC(C3)C1)C2. The number of nitrogens with zero attached hydrogens (tertiary/aromatic N) is 1. The quantitative estimate of drug-likeness (QED) is 0.699. The van der Waals surface area contributed by atoms with Crippen molar-refractivity contribution in [2.75, 3.05) is 0 Å². The Morgan fingerprint density at radius 1 is 1.06 bits per heavy atom. The topological polar surface area (TPSA) is 78.5 Å². The van der Waals surface area contributed by atoms with E-state index in [1.165, 1.54) is 19.3 Å². The van der Waals surface area contributed by atoms with E-state index in [1.54, 1.807) is 18.2 Å². The molecule has 8 heteroatoms. The molecule has 4 bridgehead atoms. The molecule has 1 aromatic carbocycles. The van der Waals surface area contributed by atoms with Crippen molar-refractivity contribution in [2.24, 2.45) is 17.8 Å². The van der Waals surface area contributed by atoms with Crippen LogP contribution in [0.5, 0.6) is 0 Å². The van der Waals surface area contributed by atoms with Gasteiger partial charge in [0.1, 0.15) is 6.04 Å². The predicted octanol–water partition coefficient (Wildman–Crippen LogP) is 4.28. The molecule has 0 spiro atoms. The number of halogens is 2. The van der Waals surface area contributed by atoms with E-state index in [-0.39, 0.29) is 30.3 Å². The van der Waals surface area contributed by atoms with Crippen molar-refractivity contribution in [1.82, 2.24) is 15.5 Å². The number of carbonyl (C=O) groups is 3. The molecule has 0 radical (unpaired) electrons. The van der Waals surface area contributed by atoms with Gasteiger partial charge in [-0.25, -0.2) is 4.79 Å². The molecular weight excluding hydrogens is 437 g/mol. The highest BCUT2D eigenvalue weighted by atomic mass is 35.5. The number of rotatable bonds is 4. The van der Waals surface area contributed by atoms with Gasteiger partial charge < -0.3 is 10.6 Å². The molecule has 6 rings (SSSR count). The third kappa shape index (κ3) is 4.05. The van der Waals surface area contributed by atoms with E-state index in [4.69, 9.17) is 23.2 Å². The van der Waals surface area contributed by atoms with Gasteiger partial charge in [0.15, 0.2) is 0 Å². The van der Waals surface area contributed by atoms with Gasteiger partial charge in [0.05, 0.1) is 0 Å². The Morgan fingerprint density at radius 3 is 2.32 bits per heavy atom. The van der Waals surface area contributed by atoms with Gasteiger partial charge in [-0.3, -0.25) is 14.5 Å². The van der Waals surface area contributed by atoms with E-state index in [1.807, 2.05) is 0 Å². The maximum absolute atomic E-state index is 13.2. The number of benzene rings is 1. The zero-order chi connectivity index (χ0) is 21.8. The minimum absolute atomic E-state index is 0.202. The second-order valence-electron chi connectivity index (χ2n) is 9.90. The minimum Gasteiger partial charge on any atom is -0.350 e. The highest BCUT2D eigenvalue weighted by molar-refractivity contribution is 6.35. The highest BCUT2D eigenvalue weighted by Gasteiger charge is 2.53. The molecule has 1 saturated heterocycles. The zero-order valence-electron chi connectivity index (χ0n) is 17.3. The number of likely N-dealkylation sites (tertiary alicyclic amines) is 1. The van der Waals surface area contributed by atoms with Gasteiger partial charge in [-0.2, -0.15) is 0 Å². The van der Waals surface area contributed by atoms with Crippen molar-refractivity contribution in [3.8, 4) is 0 Å². The van der Waals surface area contributed by atoms with Crippen molar-refractivity contribution in [2.45, 2.75) is 69.5 Å². The third-order valence-corrected chi connectivity index (χ3v) is 8.20. The molecule has 166 valence electrons. The fraction of sp³-hybridized carbons (Fsp3) is 0.609. The fourth-order valence-electron chi connectivity index (χ4n) is 6.70. The largest absolute Gasteiger partial charge is 0.350 e. The smallest absolute Gasteiger partial charge is 0.325 e. The van der Waals surface area contributed by atoms with E-state index >= 15 is 0 Å². The third-order valence-electron chi connectivity index (χ3n) is 7.61. The summed E-state index contributed by atoms with van der Waals surface area (Å²) in [5, 5.41) is 7.03. The Kier molecular flexibility index (Phi) is 5.41. The summed E-state index contributed by atoms with van der Waals surface area (Å²) >= 11 is 12.1. The van der Waals surface area contributed by atoms with E-state index < -0.39 is 12.1 Å². The number of hydrogen-bond donors (Lipinski definition) is 2. The van der Waals surface area contributed by atoms with Crippen LogP contribution in [0.15, 0.2) is 18.2 Å². The van der Waals surface area contributed by atoms with Crippen molar-refractivity contribution in [1.29, 1.82) is 0 Å². The second kappa shape index (κ2) is 7.96. The summed E-state index contributed by atoms with van der Waals surface area (Å²) in [5.74, 6) is 1.43. The van der Waals surface area contributed by atoms with Crippen LogP contribution in [0.2, 0.25) is 10.0 Å². The fourth-order valence-corrected chi connectivity index (χ4v) is 7.18. The first-order valence-electron chi connectivity index (χ1n) is 11.2. The van der Waals surface area contributed by atoms with Crippen LogP contribution in [0.25, 0.3) is 0 Å². The second-order valence-corrected chi connectivity index (χ2v) is 10.7. The van der Waals surface area contributed by atoms with Gasteiger partial charge in [0.25, 0.3) is 0 Å². The molecule has 4 saturated carbocycles. The van der Waals surface area contributed by atoms with E-state index in [2.05, 4.69) is 10.6 Å². The van der Waals surface area contributed by atoms with Crippen LogP contribution >= 0.6 is 23.2 Å². The van der Waals surface area contributed by atoms with E-state index in [0.717, 1.165) is 29.7 Å². The molecular formula is C23H27Cl2N3O3. The standard InChI is InChI=1S/C23H27Cl2N3O3/c24-17-2-1-16(18(25)8-17)12-26-21(30)19-3-4-20(29)28(19)22(31)27-23-9-13-5-14(10-23)7-15(6-13)11-23/h1-2,8,13-15,19H,3-7,9-12H2,(H,26,30)(H,27,31)/t13?,14?,15?,19-,23?/m0/s1. The minimum atomic E-state index is -0.785. The van der Waals surface area contributed by atoms with Crippen LogP contribution in [-0.4, -0.2) is 34.3 Å². The molecule has 1 aromatic rings. The summed E-state index contributed by atoms with van der Waals surface area (Å²) < 4.78 is 0. The summed E-state index contributed by atoms with van der Waals surface area (Å²) in [6.07, 6.45) is 7.36. The van der Waals surface area contributed by atoms with Crippen molar-refractivity contribution in [3.63, 3.8) is 0 Å². The number of urea groups is 1. The molecule has 1 atom stereocenters. The molecule has 6 nitrogen and oxygen atoms in total. The maximum atomic E-state index is 13.2. The normalized spacial score (nSPS) is 33.6. The zero-order valence-corrected chi connectivity index (χ0v) is 18.8. The van der Waals surface area contributed by atoms with Crippen LogP contribution < -0.4 is 10.6 Å². The molecule has 1 aliphatic heterocycles. The Balaban J connectivity index is 1.25. The molecule has 0 aromatic heterocycles. The summed E-state index contributed by atoms with van der Waals surface area (Å²) in [6.45, 7) is 0.212. The average molecular weight is 464 g/mol. The molecule has 1 heterocycles. The Labute approximate surface area is 192 Å². The summed E-state index contributed by atoms with van der Waals surface area (Å²) in [7, 11) is 0. The van der Waals surface area contributed by atoms with Gasteiger partial charge in [0, 0.05) is 28.5 Å². The van der Waals surface area contributed by atoms with Gasteiger partial charge >= 0.3 is 6.03 Å². The number of nitrogens with one attached hydrogen (secondary N) is 2. The molecule has 5 aliphatic rings. The average Bonchev–Trinajstić information content (AvgIpc) is 3.07. The van der Waals surface area contributed by atoms with Crippen molar-refractivity contribution >= 4 is 41.0 Å². The summed E-state index contributed by atoms with van der Waals surface area (Å²) in [6, 6.07) is 3.89. The Morgan fingerprint density at radius 2 is 1.71 bits per heavy atom. The van der Waals surface area contributed by atoms with Crippen LogP contribution in [0.3, 0.4) is 0 Å². The molecule has 5 fully saturated rings. The van der Waals surface area contributed by atoms with Crippen molar-refractivity contribution < 1.29 is 14.4 Å². The molecule has 31 heavy (non-hydrogen) atoms. The van der Waals surface area contributed by atoms with Crippen LogP contribution in [0, 0.1) is 17.8 Å². The lowest BCUT2D eigenvalue weighted by Gasteiger charge is -2.57. The first-order chi connectivity index (χ1) is 14.8. The number of hydrogen-bond acceptors (Lipinski definition) is 3. The van der Waals surface area contributed by atoms with Crippen LogP contribution in [0.4, 0.5) is 4.79 Å². The highest BCUT2D eigenvalue weighted by Crippen LogP contribution is 2.55. The van der Waals surface area contributed by atoms with Crippen molar-refractivity contribution in [3.05, 3.63) is 33.8 Å². The Bertz CT molecular complexity index is 899. The number of imide groups is 1. The molecule has 0 unspecified atom stereocenters. The lowest BCUT2D eigenvalue weighted by atomic mass is 9.53. The van der Waals surface area contributed by atoms with E-state index in [0.29, 0.717) is 34.2 Å². The number of amides is 4.